The molecule has 3 heterocycles. The molecule has 2 atom stereocenters. The molecule has 2 aromatic heterocycles. The predicted octanol–water partition coefficient (Wildman–Crippen LogP) is 2.99. The van der Waals surface area contributed by atoms with E-state index in [2.05, 4.69) is 17.2 Å². The van der Waals surface area contributed by atoms with Crippen LogP contribution in [0.3, 0.4) is 0 Å². The maximum absolute atomic E-state index is 13.3. The zero-order valence-electron chi connectivity index (χ0n) is 16.7. The van der Waals surface area contributed by atoms with Gasteiger partial charge in [0.15, 0.2) is 11.5 Å². The van der Waals surface area contributed by atoms with Crippen molar-refractivity contribution in [3.05, 3.63) is 34.5 Å². The Morgan fingerprint density at radius 3 is 2.62 bits per heavy atom. The van der Waals surface area contributed by atoms with Crippen molar-refractivity contribution in [2.75, 3.05) is 6.54 Å². The molecule has 0 radical (unpaired) electrons. The third-order valence-corrected chi connectivity index (χ3v) is 6.14. The number of fused-ring (bicyclic) bond motifs is 1. The Kier molecular flexibility index (Phi) is 4.17. The molecule has 0 saturated heterocycles. The minimum Gasteiger partial charge on any atom is -0.375 e. The summed E-state index contributed by atoms with van der Waals surface area (Å²) < 4.78 is 46.6. The largest absolute Gasteiger partial charge is 0.422 e. The minimum absolute atomic E-state index is 0.0252. The number of hydrogen-bond donors (Lipinski definition) is 1. The molecule has 1 saturated carbocycles. The van der Waals surface area contributed by atoms with Crippen LogP contribution in [0.15, 0.2) is 10.6 Å². The second kappa shape index (κ2) is 6.07. The summed E-state index contributed by atoms with van der Waals surface area (Å²) in [6, 6.07) is 1.79. The van der Waals surface area contributed by atoms with Crippen LogP contribution in [0.25, 0.3) is 0 Å². The highest BCUT2D eigenvalue weighted by atomic mass is 19.4. The standard InChI is InChI=1S/C19H23F3N4O3/c1-10-8-26(16(27)11-7-13(25(4)23-11)17(2)5-6-17)9-12-14(10)15(24-29-12)18(3,28)19(20,21)22/h7,10,28H,5-6,8-9H2,1-4H3/t10-,18+/m0/s1. The fraction of sp³-hybridized carbons (Fsp3) is 0.632. The number of nitrogens with zero attached hydrogens (tertiary/aromatic N) is 4. The van der Waals surface area contributed by atoms with E-state index < -0.39 is 23.4 Å². The number of halogens is 3. The van der Waals surface area contributed by atoms with Gasteiger partial charge in [-0.1, -0.05) is 19.0 Å². The summed E-state index contributed by atoms with van der Waals surface area (Å²) in [7, 11) is 1.80. The SMILES string of the molecule is C[C@H]1CN(C(=O)c2cc(C3(C)CC3)n(C)n2)Cc2onc([C@@](C)(O)C(F)(F)F)c21. The fourth-order valence-corrected chi connectivity index (χ4v) is 4.00. The van der Waals surface area contributed by atoms with Crippen molar-refractivity contribution in [2.24, 2.45) is 7.05 Å². The molecule has 0 spiro atoms. The Morgan fingerprint density at radius 1 is 1.38 bits per heavy atom. The summed E-state index contributed by atoms with van der Waals surface area (Å²) in [5.74, 6) is -0.641. The molecule has 10 heteroatoms. The number of hydrogen-bond acceptors (Lipinski definition) is 5. The first-order valence-electron chi connectivity index (χ1n) is 9.47. The van der Waals surface area contributed by atoms with Crippen molar-refractivity contribution in [2.45, 2.75) is 63.3 Å². The van der Waals surface area contributed by atoms with Crippen molar-refractivity contribution >= 4 is 5.91 Å². The van der Waals surface area contributed by atoms with E-state index in [0.29, 0.717) is 12.6 Å². The number of aromatic nitrogens is 3. The van der Waals surface area contributed by atoms with Gasteiger partial charge in [-0.25, -0.2) is 0 Å². The average Bonchev–Trinajstić information content (AvgIpc) is 3.05. The van der Waals surface area contributed by atoms with Crippen molar-refractivity contribution < 1.29 is 27.6 Å². The van der Waals surface area contributed by atoms with Crippen LogP contribution >= 0.6 is 0 Å². The normalized spacial score (nSPS) is 22.9. The second-order valence-corrected chi connectivity index (χ2v) is 8.62. The molecule has 1 aliphatic heterocycles. The molecule has 2 aromatic rings. The van der Waals surface area contributed by atoms with Gasteiger partial charge in [0.2, 0.25) is 5.60 Å². The number of carbonyl (C=O) groups is 1. The number of aliphatic hydroxyl groups is 1. The van der Waals surface area contributed by atoms with Crippen LogP contribution in [0.2, 0.25) is 0 Å². The highest BCUT2D eigenvalue weighted by Gasteiger charge is 2.55. The lowest BCUT2D eigenvalue weighted by molar-refractivity contribution is -0.261. The lowest BCUT2D eigenvalue weighted by Crippen LogP contribution is -2.42. The summed E-state index contributed by atoms with van der Waals surface area (Å²) >= 11 is 0. The maximum atomic E-state index is 13.3. The number of amides is 1. The van der Waals surface area contributed by atoms with Gasteiger partial charge in [-0.3, -0.25) is 9.48 Å². The molecule has 1 fully saturated rings. The monoisotopic (exact) mass is 412 g/mol. The van der Waals surface area contributed by atoms with E-state index in [-0.39, 0.29) is 35.7 Å². The predicted molar refractivity (Wildman–Crippen MR) is 95.1 cm³/mol. The summed E-state index contributed by atoms with van der Waals surface area (Å²) in [6.07, 6.45) is -2.80. The van der Waals surface area contributed by atoms with Crippen LogP contribution in [-0.4, -0.2) is 43.6 Å². The zero-order valence-corrected chi connectivity index (χ0v) is 16.7. The first kappa shape index (κ1) is 19.9. The molecular weight excluding hydrogens is 389 g/mol. The molecule has 0 unspecified atom stereocenters. The Hall–Kier alpha value is -2.36. The van der Waals surface area contributed by atoms with Gasteiger partial charge in [0, 0.05) is 36.2 Å². The second-order valence-electron chi connectivity index (χ2n) is 8.62. The van der Waals surface area contributed by atoms with E-state index >= 15 is 0 Å². The van der Waals surface area contributed by atoms with Crippen LogP contribution < -0.4 is 0 Å². The lowest BCUT2D eigenvalue weighted by atomic mass is 9.87. The topological polar surface area (TPSA) is 84.4 Å². The lowest BCUT2D eigenvalue weighted by Gasteiger charge is -2.32. The zero-order chi connectivity index (χ0) is 21.4. The third kappa shape index (κ3) is 3.04. The van der Waals surface area contributed by atoms with Crippen molar-refractivity contribution in [1.82, 2.24) is 19.8 Å². The average molecular weight is 412 g/mol. The Bertz CT molecular complexity index is 972. The molecule has 1 amide bonds. The van der Waals surface area contributed by atoms with Gasteiger partial charge in [0.1, 0.15) is 5.69 Å². The van der Waals surface area contributed by atoms with E-state index in [1.165, 1.54) is 4.90 Å². The number of carbonyl (C=O) groups excluding carboxylic acids is 1. The van der Waals surface area contributed by atoms with Crippen LogP contribution in [0.4, 0.5) is 13.2 Å². The van der Waals surface area contributed by atoms with Crippen LogP contribution in [0.1, 0.15) is 72.7 Å². The van der Waals surface area contributed by atoms with Crippen molar-refractivity contribution in [3.8, 4) is 0 Å². The van der Waals surface area contributed by atoms with Gasteiger partial charge in [0.05, 0.1) is 6.54 Å². The van der Waals surface area contributed by atoms with Gasteiger partial charge in [-0.2, -0.15) is 18.3 Å². The quantitative estimate of drug-likeness (QED) is 0.838. The minimum atomic E-state index is -4.90. The molecule has 29 heavy (non-hydrogen) atoms. The van der Waals surface area contributed by atoms with Crippen LogP contribution in [0, 0.1) is 0 Å². The molecule has 0 aromatic carbocycles. The third-order valence-electron chi connectivity index (χ3n) is 6.14. The molecule has 1 aliphatic carbocycles. The van der Waals surface area contributed by atoms with Gasteiger partial charge in [-0.15, -0.1) is 0 Å². The fourth-order valence-electron chi connectivity index (χ4n) is 4.00. The van der Waals surface area contributed by atoms with E-state index in [1.54, 1.807) is 24.7 Å². The summed E-state index contributed by atoms with van der Waals surface area (Å²) in [5, 5.41) is 17.9. The molecule has 0 bridgehead atoms. The van der Waals surface area contributed by atoms with Gasteiger partial charge in [-0.05, 0) is 25.8 Å². The van der Waals surface area contributed by atoms with Crippen LogP contribution in [0.5, 0.6) is 0 Å². The summed E-state index contributed by atoms with van der Waals surface area (Å²) in [4.78, 5) is 14.5. The molecule has 158 valence electrons. The van der Waals surface area contributed by atoms with E-state index in [4.69, 9.17) is 4.52 Å². The Balaban J connectivity index is 1.61. The Morgan fingerprint density at radius 2 is 2.03 bits per heavy atom. The van der Waals surface area contributed by atoms with E-state index in [9.17, 15) is 23.1 Å². The first-order valence-corrected chi connectivity index (χ1v) is 9.47. The van der Waals surface area contributed by atoms with Crippen molar-refractivity contribution in [3.63, 3.8) is 0 Å². The summed E-state index contributed by atoms with van der Waals surface area (Å²) in [6.45, 7) is 4.61. The Labute approximate surface area is 165 Å². The van der Waals surface area contributed by atoms with Gasteiger partial charge in [0.25, 0.3) is 5.91 Å². The molecule has 1 N–H and O–H groups in total. The smallest absolute Gasteiger partial charge is 0.375 e. The summed E-state index contributed by atoms with van der Waals surface area (Å²) in [5.41, 5.74) is -2.11. The van der Waals surface area contributed by atoms with Crippen molar-refractivity contribution in [1.29, 1.82) is 0 Å². The molecule has 4 rings (SSSR count). The number of aryl methyl sites for hydroxylation is 1. The van der Waals surface area contributed by atoms with Crippen LogP contribution in [-0.2, 0) is 24.6 Å². The van der Waals surface area contributed by atoms with E-state index in [1.807, 2.05) is 0 Å². The first-order chi connectivity index (χ1) is 13.3. The molecule has 2 aliphatic rings. The maximum Gasteiger partial charge on any atom is 0.422 e. The molecule has 7 nitrogen and oxygen atoms in total. The molecular formula is C19H23F3N4O3. The van der Waals surface area contributed by atoms with Gasteiger partial charge >= 0.3 is 6.18 Å². The number of rotatable bonds is 3. The highest BCUT2D eigenvalue weighted by Crippen LogP contribution is 2.47. The van der Waals surface area contributed by atoms with E-state index in [0.717, 1.165) is 18.5 Å². The number of alkyl halides is 3. The highest BCUT2D eigenvalue weighted by molar-refractivity contribution is 5.92. The van der Waals surface area contributed by atoms with Gasteiger partial charge < -0.3 is 14.5 Å².